The average Bonchev–Trinajstić information content (AvgIpc) is 2.64. The molecule has 0 radical (unpaired) electrons. The number of anilines is 4. The van der Waals surface area contributed by atoms with Crippen LogP contribution in [-0.2, 0) is 0 Å². The molecule has 0 amide bonds. The second kappa shape index (κ2) is 8.20. The molecule has 0 unspecified atom stereocenters. The van der Waals surface area contributed by atoms with Crippen molar-refractivity contribution in [1.29, 1.82) is 0 Å². The van der Waals surface area contributed by atoms with Crippen LogP contribution in [0.15, 0.2) is 54.9 Å². The van der Waals surface area contributed by atoms with E-state index in [2.05, 4.69) is 20.6 Å². The maximum absolute atomic E-state index is 5.64. The number of aromatic nitrogens is 2. The first kappa shape index (κ1) is 17.5. The Kier molecular flexibility index (Phi) is 5.53. The van der Waals surface area contributed by atoms with Crippen molar-refractivity contribution in [3.8, 4) is 11.5 Å². The van der Waals surface area contributed by atoms with Gasteiger partial charge in [-0.05, 0) is 43.7 Å². The number of methoxy groups -OCH3 is 1. The standard InChI is InChI=1S/C20H22N4O2/c1-4-26-18-8-6-5-7-15(18)23-19-12-20(22-13-21-19)24-16-11-14(2)9-10-17(16)25-3/h5-13H,4H2,1-3H3,(H2,21,22,23,24). The van der Waals surface area contributed by atoms with Crippen LogP contribution in [0.25, 0.3) is 0 Å². The maximum Gasteiger partial charge on any atom is 0.142 e. The summed E-state index contributed by atoms with van der Waals surface area (Å²) in [5.74, 6) is 2.87. The molecule has 6 nitrogen and oxygen atoms in total. The molecule has 3 rings (SSSR count). The van der Waals surface area contributed by atoms with Crippen molar-refractivity contribution in [1.82, 2.24) is 9.97 Å². The van der Waals surface area contributed by atoms with Crippen molar-refractivity contribution in [2.75, 3.05) is 24.4 Å². The van der Waals surface area contributed by atoms with Gasteiger partial charge in [0.1, 0.15) is 29.5 Å². The Labute approximate surface area is 153 Å². The first-order valence-electron chi connectivity index (χ1n) is 8.42. The smallest absolute Gasteiger partial charge is 0.142 e. The van der Waals surface area contributed by atoms with E-state index in [1.54, 1.807) is 7.11 Å². The van der Waals surface area contributed by atoms with Gasteiger partial charge in [0.15, 0.2) is 0 Å². The molecule has 0 saturated heterocycles. The van der Waals surface area contributed by atoms with Crippen LogP contribution < -0.4 is 20.1 Å². The Hall–Kier alpha value is -3.28. The predicted molar refractivity (Wildman–Crippen MR) is 104 cm³/mol. The molecule has 0 fully saturated rings. The van der Waals surface area contributed by atoms with Crippen molar-refractivity contribution in [3.05, 3.63) is 60.4 Å². The van der Waals surface area contributed by atoms with E-state index in [0.717, 1.165) is 28.4 Å². The van der Waals surface area contributed by atoms with Crippen LogP contribution in [0.4, 0.5) is 23.0 Å². The Morgan fingerprint density at radius 1 is 0.885 bits per heavy atom. The number of benzene rings is 2. The highest BCUT2D eigenvalue weighted by molar-refractivity contribution is 5.69. The number of rotatable bonds is 7. The zero-order chi connectivity index (χ0) is 18.4. The first-order valence-corrected chi connectivity index (χ1v) is 8.42. The Bertz CT molecular complexity index is 883. The normalized spacial score (nSPS) is 10.3. The van der Waals surface area contributed by atoms with E-state index in [9.17, 15) is 0 Å². The highest BCUT2D eigenvalue weighted by atomic mass is 16.5. The quantitative estimate of drug-likeness (QED) is 0.645. The first-order chi connectivity index (χ1) is 12.7. The Morgan fingerprint density at radius 3 is 2.35 bits per heavy atom. The number of ether oxygens (including phenoxy) is 2. The van der Waals surface area contributed by atoms with Crippen LogP contribution in [0, 0.1) is 6.92 Å². The fourth-order valence-corrected chi connectivity index (χ4v) is 2.54. The minimum absolute atomic E-state index is 0.600. The zero-order valence-corrected chi connectivity index (χ0v) is 15.1. The number of hydrogen-bond acceptors (Lipinski definition) is 6. The molecule has 26 heavy (non-hydrogen) atoms. The van der Waals surface area contributed by atoms with E-state index in [1.807, 2.05) is 62.4 Å². The summed E-state index contributed by atoms with van der Waals surface area (Å²) in [6.45, 7) is 4.59. The highest BCUT2D eigenvalue weighted by Gasteiger charge is 2.07. The summed E-state index contributed by atoms with van der Waals surface area (Å²) in [6, 6.07) is 15.5. The summed E-state index contributed by atoms with van der Waals surface area (Å²) in [5, 5.41) is 6.56. The molecule has 3 aromatic rings. The summed E-state index contributed by atoms with van der Waals surface area (Å²) in [5.41, 5.74) is 2.84. The average molecular weight is 350 g/mol. The fraction of sp³-hybridized carbons (Fsp3) is 0.200. The number of hydrogen-bond donors (Lipinski definition) is 2. The molecule has 1 aromatic heterocycles. The summed E-state index contributed by atoms with van der Waals surface area (Å²) in [6.07, 6.45) is 1.51. The molecular weight excluding hydrogens is 328 g/mol. The molecule has 1 heterocycles. The van der Waals surface area contributed by atoms with Gasteiger partial charge in [0.2, 0.25) is 0 Å². The predicted octanol–water partition coefficient (Wildman–Crippen LogP) is 4.68. The summed E-state index contributed by atoms with van der Waals surface area (Å²) >= 11 is 0. The fourth-order valence-electron chi connectivity index (χ4n) is 2.54. The summed E-state index contributed by atoms with van der Waals surface area (Å²) < 4.78 is 11.0. The molecule has 2 N–H and O–H groups in total. The van der Waals surface area contributed by atoms with E-state index in [4.69, 9.17) is 9.47 Å². The second-order valence-electron chi connectivity index (χ2n) is 5.67. The van der Waals surface area contributed by atoms with Gasteiger partial charge in [-0.3, -0.25) is 0 Å². The number of aryl methyl sites for hydroxylation is 1. The van der Waals surface area contributed by atoms with E-state index in [0.29, 0.717) is 18.2 Å². The van der Waals surface area contributed by atoms with Gasteiger partial charge in [-0.2, -0.15) is 0 Å². The minimum Gasteiger partial charge on any atom is -0.495 e. The molecule has 0 aliphatic heterocycles. The van der Waals surface area contributed by atoms with Gasteiger partial charge < -0.3 is 20.1 Å². The lowest BCUT2D eigenvalue weighted by Crippen LogP contribution is -2.01. The molecule has 0 bridgehead atoms. The monoisotopic (exact) mass is 350 g/mol. The van der Waals surface area contributed by atoms with Crippen molar-refractivity contribution >= 4 is 23.0 Å². The SMILES string of the molecule is CCOc1ccccc1Nc1cc(Nc2cc(C)ccc2OC)ncn1. The van der Waals surface area contributed by atoms with Crippen LogP contribution in [-0.4, -0.2) is 23.7 Å². The lowest BCUT2D eigenvalue weighted by molar-refractivity contribution is 0.342. The van der Waals surface area contributed by atoms with Crippen molar-refractivity contribution in [2.24, 2.45) is 0 Å². The largest absolute Gasteiger partial charge is 0.495 e. The molecule has 134 valence electrons. The van der Waals surface area contributed by atoms with Crippen LogP contribution >= 0.6 is 0 Å². The molecule has 0 saturated carbocycles. The third kappa shape index (κ3) is 4.22. The van der Waals surface area contributed by atoms with E-state index in [1.165, 1.54) is 6.33 Å². The molecule has 0 aliphatic rings. The van der Waals surface area contributed by atoms with Crippen molar-refractivity contribution < 1.29 is 9.47 Å². The maximum atomic E-state index is 5.64. The van der Waals surface area contributed by atoms with Crippen LogP contribution in [0.1, 0.15) is 12.5 Å². The number of para-hydroxylation sites is 2. The molecule has 0 atom stereocenters. The molecule has 6 heteroatoms. The van der Waals surface area contributed by atoms with Crippen LogP contribution in [0.5, 0.6) is 11.5 Å². The minimum atomic E-state index is 0.600. The molecule has 0 aliphatic carbocycles. The van der Waals surface area contributed by atoms with Gasteiger partial charge in [-0.1, -0.05) is 18.2 Å². The van der Waals surface area contributed by atoms with Crippen LogP contribution in [0.2, 0.25) is 0 Å². The molecule has 2 aromatic carbocycles. The van der Waals surface area contributed by atoms with E-state index < -0.39 is 0 Å². The summed E-state index contributed by atoms with van der Waals surface area (Å²) in [7, 11) is 1.65. The van der Waals surface area contributed by atoms with Gasteiger partial charge in [0.05, 0.1) is 25.1 Å². The van der Waals surface area contributed by atoms with Gasteiger partial charge in [-0.25, -0.2) is 9.97 Å². The highest BCUT2D eigenvalue weighted by Crippen LogP contribution is 2.30. The number of nitrogens with zero attached hydrogens (tertiary/aromatic N) is 2. The van der Waals surface area contributed by atoms with Crippen molar-refractivity contribution in [3.63, 3.8) is 0 Å². The van der Waals surface area contributed by atoms with Crippen LogP contribution in [0.3, 0.4) is 0 Å². The third-order valence-corrected chi connectivity index (χ3v) is 3.73. The second-order valence-corrected chi connectivity index (χ2v) is 5.67. The van der Waals surface area contributed by atoms with E-state index >= 15 is 0 Å². The zero-order valence-electron chi connectivity index (χ0n) is 15.1. The third-order valence-electron chi connectivity index (χ3n) is 3.73. The Balaban J connectivity index is 1.82. The van der Waals surface area contributed by atoms with Gasteiger partial charge in [-0.15, -0.1) is 0 Å². The van der Waals surface area contributed by atoms with Crippen molar-refractivity contribution in [2.45, 2.75) is 13.8 Å². The lowest BCUT2D eigenvalue weighted by Gasteiger charge is -2.13. The number of nitrogens with one attached hydrogen (secondary N) is 2. The van der Waals surface area contributed by atoms with Gasteiger partial charge in [0.25, 0.3) is 0 Å². The van der Waals surface area contributed by atoms with E-state index in [-0.39, 0.29) is 0 Å². The van der Waals surface area contributed by atoms with Gasteiger partial charge in [0, 0.05) is 6.07 Å². The summed E-state index contributed by atoms with van der Waals surface area (Å²) in [4.78, 5) is 8.58. The lowest BCUT2D eigenvalue weighted by atomic mass is 10.2. The van der Waals surface area contributed by atoms with Gasteiger partial charge >= 0.3 is 0 Å². The topological polar surface area (TPSA) is 68.3 Å². The molecular formula is C20H22N4O2. The molecule has 0 spiro atoms. The Morgan fingerprint density at radius 2 is 1.62 bits per heavy atom.